The Morgan fingerprint density at radius 2 is 2.10 bits per heavy atom. The van der Waals surface area contributed by atoms with E-state index >= 15 is 0 Å². The number of pyridine rings is 1. The first-order chi connectivity index (χ1) is 9.61. The fraction of sp³-hybridized carbons (Fsp3) is 0.312. The molecule has 1 aromatic heterocycles. The van der Waals surface area contributed by atoms with E-state index in [0.29, 0.717) is 18.8 Å². The van der Waals surface area contributed by atoms with Gasteiger partial charge >= 0.3 is 0 Å². The lowest BCUT2D eigenvalue weighted by molar-refractivity contribution is 0.612. The highest BCUT2D eigenvalue weighted by Gasteiger charge is 2.12. The molecule has 2 N–H and O–H groups in total. The number of nitrogens with two attached hydrogens (primary N) is 1. The van der Waals surface area contributed by atoms with E-state index in [9.17, 15) is 4.39 Å². The normalized spacial score (nSPS) is 12.2. The molecule has 0 aliphatic heterocycles. The highest BCUT2D eigenvalue weighted by atomic mass is 19.1. The number of rotatable bonds is 5. The molecule has 0 spiro atoms. The third-order valence-corrected chi connectivity index (χ3v) is 3.30. The van der Waals surface area contributed by atoms with E-state index < -0.39 is 0 Å². The Morgan fingerprint density at radius 1 is 1.30 bits per heavy atom. The summed E-state index contributed by atoms with van der Waals surface area (Å²) < 4.78 is 14.2. The van der Waals surface area contributed by atoms with Crippen LogP contribution in [0.2, 0.25) is 0 Å². The predicted molar refractivity (Wildman–Crippen MR) is 80.0 cm³/mol. The summed E-state index contributed by atoms with van der Waals surface area (Å²) in [5.41, 5.74) is 8.09. The maximum absolute atomic E-state index is 14.2. The van der Waals surface area contributed by atoms with Crippen molar-refractivity contribution in [2.75, 3.05) is 11.4 Å². The van der Waals surface area contributed by atoms with Gasteiger partial charge < -0.3 is 10.6 Å². The molecule has 0 aliphatic rings. The van der Waals surface area contributed by atoms with E-state index in [1.165, 1.54) is 6.07 Å². The molecule has 0 bridgehead atoms. The zero-order chi connectivity index (χ0) is 14.5. The molecule has 4 heteroatoms. The van der Waals surface area contributed by atoms with E-state index in [0.717, 1.165) is 11.3 Å². The Hall–Kier alpha value is -1.94. The number of anilines is 1. The van der Waals surface area contributed by atoms with Gasteiger partial charge in [-0.15, -0.1) is 0 Å². The monoisotopic (exact) mass is 273 g/mol. The van der Waals surface area contributed by atoms with Crippen LogP contribution >= 0.6 is 0 Å². The molecule has 1 atom stereocenters. The lowest BCUT2D eigenvalue weighted by atomic mass is 10.1. The first-order valence-electron chi connectivity index (χ1n) is 6.81. The molecule has 0 saturated carbocycles. The lowest BCUT2D eigenvalue weighted by Gasteiger charge is -2.24. The summed E-state index contributed by atoms with van der Waals surface area (Å²) in [5, 5.41) is 0. The molecule has 106 valence electrons. The minimum Gasteiger partial charge on any atom is -0.364 e. The Labute approximate surface area is 119 Å². The van der Waals surface area contributed by atoms with Crippen LogP contribution in [0.25, 0.3) is 0 Å². The van der Waals surface area contributed by atoms with E-state index in [1.807, 2.05) is 43.0 Å². The third kappa shape index (κ3) is 3.33. The average Bonchev–Trinajstić information content (AvgIpc) is 2.46. The standard InChI is InChI=1S/C16H20FN3/c1-3-20(11-14-6-4-5-9-19-14)16-8-7-13(12(2)18)10-15(16)17/h4-10,12H,3,11,18H2,1-2H3. The van der Waals surface area contributed by atoms with Crippen molar-refractivity contribution in [2.45, 2.75) is 26.4 Å². The van der Waals surface area contributed by atoms with Gasteiger partial charge in [-0.25, -0.2) is 4.39 Å². The number of aromatic nitrogens is 1. The summed E-state index contributed by atoms with van der Waals surface area (Å²) in [6, 6.07) is 10.8. The molecule has 1 aromatic carbocycles. The Bertz CT molecular complexity index is 555. The molecule has 1 heterocycles. The zero-order valence-electron chi connectivity index (χ0n) is 11.9. The molecule has 0 fully saturated rings. The fourth-order valence-electron chi connectivity index (χ4n) is 2.12. The van der Waals surface area contributed by atoms with Gasteiger partial charge in [-0.1, -0.05) is 12.1 Å². The lowest BCUT2D eigenvalue weighted by Crippen LogP contribution is -2.23. The summed E-state index contributed by atoms with van der Waals surface area (Å²) in [6.45, 7) is 5.15. The largest absolute Gasteiger partial charge is 0.364 e. The number of hydrogen-bond acceptors (Lipinski definition) is 3. The van der Waals surface area contributed by atoms with Crippen LogP contribution in [0.3, 0.4) is 0 Å². The zero-order valence-corrected chi connectivity index (χ0v) is 11.9. The topological polar surface area (TPSA) is 42.2 Å². The molecule has 2 aromatic rings. The van der Waals surface area contributed by atoms with Gasteiger partial charge in [-0.2, -0.15) is 0 Å². The Balaban J connectivity index is 2.23. The van der Waals surface area contributed by atoms with Gasteiger partial charge in [0.2, 0.25) is 0 Å². The fourth-order valence-corrected chi connectivity index (χ4v) is 2.12. The van der Waals surface area contributed by atoms with Crippen molar-refractivity contribution in [3.05, 3.63) is 59.7 Å². The molecule has 1 unspecified atom stereocenters. The molecule has 0 aliphatic carbocycles. The number of benzene rings is 1. The second-order valence-corrected chi connectivity index (χ2v) is 4.83. The highest BCUT2D eigenvalue weighted by Crippen LogP contribution is 2.23. The SMILES string of the molecule is CCN(Cc1ccccn1)c1ccc(C(C)N)cc1F. The second kappa shape index (κ2) is 6.48. The van der Waals surface area contributed by atoms with Crippen LogP contribution in [0.4, 0.5) is 10.1 Å². The quantitative estimate of drug-likeness (QED) is 0.909. The van der Waals surface area contributed by atoms with Gasteiger partial charge in [0.25, 0.3) is 0 Å². The van der Waals surface area contributed by atoms with Crippen LogP contribution in [-0.4, -0.2) is 11.5 Å². The van der Waals surface area contributed by atoms with Crippen molar-refractivity contribution < 1.29 is 4.39 Å². The minimum absolute atomic E-state index is 0.163. The molecular formula is C16H20FN3. The van der Waals surface area contributed by atoms with Gasteiger partial charge in [-0.3, -0.25) is 4.98 Å². The number of hydrogen-bond donors (Lipinski definition) is 1. The summed E-state index contributed by atoms with van der Waals surface area (Å²) >= 11 is 0. The summed E-state index contributed by atoms with van der Waals surface area (Å²) in [4.78, 5) is 6.24. The molecule has 0 amide bonds. The summed E-state index contributed by atoms with van der Waals surface area (Å²) in [7, 11) is 0. The molecule has 2 rings (SSSR count). The smallest absolute Gasteiger partial charge is 0.146 e. The highest BCUT2D eigenvalue weighted by molar-refractivity contribution is 5.49. The van der Waals surface area contributed by atoms with Crippen LogP contribution in [0.1, 0.15) is 31.1 Å². The van der Waals surface area contributed by atoms with E-state index in [-0.39, 0.29) is 11.9 Å². The van der Waals surface area contributed by atoms with Crippen LogP contribution in [0, 0.1) is 5.82 Å². The Kier molecular flexibility index (Phi) is 4.69. The first-order valence-corrected chi connectivity index (χ1v) is 6.81. The van der Waals surface area contributed by atoms with E-state index in [4.69, 9.17) is 5.73 Å². The molecule has 0 saturated heterocycles. The van der Waals surface area contributed by atoms with Crippen LogP contribution in [0.5, 0.6) is 0 Å². The van der Waals surface area contributed by atoms with Crippen molar-refractivity contribution in [2.24, 2.45) is 5.73 Å². The van der Waals surface area contributed by atoms with Crippen molar-refractivity contribution in [3.63, 3.8) is 0 Å². The van der Waals surface area contributed by atoms with Crippen LogP contribution in [0.15, 0.2) is 42.6 Å². The van der Waals surface area contributed by atoms with Gasteiger partial charge in [0.05, 0.1) is 17.9 Å². The van der Waals surface area contributed by atoms with Gasteiger partial charge in [0.15, 0.2) is 0 Å². The van der Waals surface area contributed by atoms with Gasteiger partial charge in [-0.05, 0) is 43.7 Å². The maximum atomic E-state index is 14.2. The molecule has 0 radical (unpaired) electrons. The summed E-state index contributed by atoms with van der Waals surface area (Å²) in [5.74, 6) is -0.238. The molecule has 3 nitrogen and oxygen atoms in total. The first kappa shape index (κ1) is 14.5. The average molecular weight is 273 g/mol. The third-order valence-electron chi connectivity index (χ3n) is 3.30. The molecule has 20 heavy (non-hydrogen) atoms. The molecular weight excluding hydrogens is 253 g/mol. The van der Waals surface area contributed by atoms with Gasteiger partial charge in [0.1, 0.15) is 5.82 Å². The summed E-state index contributed by atoms with van der Waals surface area (Å²) in [6.07, 6.45) is 1.75. The van der Waals surface area contributed by atoms with E-state index in [1.54, 1.807) is 12.3 Å². The van der Waals surface area contributed by atoms with Crippen molar-refractivity contribution in [1.82, 2.24) is 4.98 Å². The minimum atomic E-state index is -0.238. The number of nitrogens with zero attached hydrogens (tertiary/aromatic N) is 2. The van der Waals surface area contributed by atoms with E-state index in [2.05, 4.69) is 4.98 Å². The van der Waals surface area contributed by atoms with Crippen molar-refractivity contribution >= 4 is 5.69 Å². The van der Waals surface area contributed by atoms with Gasteiger partial charge in [0, 0.05) is 18.8 Å². The van der Waals surface area contributed by atoms with Crippen molar-refractivity contribution in [1.29, 1.82) is 0 Å². The van der Waals surface area contributed by atoms with Crippen LogP contribution in [-0.2, 0) is 6.54 Å². The maximum Gasteiger partial charge on any atom is 0.146 e. The van der Waals surface area contributed by atoms with Crippen molar-refractivity contribution in [3.8, 4) is 0 Å². The van der Waals surface area contributed by atoms with Crippen LogP contribution < -0.4 is 10.6 Å². The second-order valence-electron chi connectivity index (χ2n) is 4.83. The number of halogens is 1. The Morgan fingerprint density at radius 3 is 2.65 bits per heavy atom. The predicted octanol–water partition coefficient (Wildman–Crippen LogP) is 3.27.